The molecule has 0 bridgehead atoms. The summed E-state index contributed by atoms with van der Waals surface area (Å²) in [6.07, 6.45) is 1.25. The van der Waals surface area contributed by atoms with E-state index in [1.54, 1.807) is 0 Å². The number of pyridine rings is 1. The molecule has 1 rings (SSSR count). The Labute approximate surface area is 112 Å². The van der Waals surface area contributed by atoms with E-state index >= 15 is 0 Å². The Balaban J connectivity index is 2.16. The van der Waals surface area contributed by atoms with Crippen LogP contribution in [0.3, 0.4) is 0 Å². The number of hydrogen-bond donors (Lipinski definition) is 1. The van der Waals surface area contributed by atoms with Gasteiger partial charge in [-0.1, -0.05) is 19.9 Å². The van der Waals surface area contributed by atoms with E-state index in [9.17, 15) is 0 Å². The van der Waals surface area contributed by atoms with Gasteiger partial charge in [0, 0.05) is 25.3 Å². The molecular formula is C15H27N3. The molecule has 0 aliphatic carbocycles. The first kappa shape index (κ1) is 15.1. The van der Waals surface area contributed by atoms with E-state index in [-0.39, 0.29) is 0 Å². The fourth-order valence-corrected chi connectivity index (χ4v) is 1.83. The van der Waals surface area contributed by atoms with Gasteiger partial charge in [0.15, 0.2) is 0 Å². The van der Waals surface area contributed by atoms with Gasteiger partial charge < -0.3 is 5.32 Å². The molecule has 3 nitrogen and oxygen atoms in total. The van der Waals surface area contributed by atoms with Crippen LogP contribution in [0.5, 0.6) is 0 Å². The lowest BCUT2D eigenvalue weighted by Gasteiger charge is -2.17. The van der Waals surface area contributed by atoms with Gasteiger partial charge in [0.1, 0.15) is 0 Å². The average molecular weight is 249 g/mol. The molecule has 3 heteroatoms. The standard InChI is InChI=1S/C15H27N3/c1-13(2)8-9-16-10-11-18(4)12-15-7-5-6-14(3)17-15/h5-7,13,16H,8-12H2,1-4H3. The number of aromatic nitrogens is 1. The topological polar surface area (TPSA) is 28.2 Å². The van der Waals surface area contributed by atoms with Crippen molar-refractivity contribution >= 4 is 0 Å². The summed E-state index contributed by atoms with van der Waals surface area (Å²) in [6.45, 7) is 10.7. The summed E-state index contributed by atoms with van der Waals surface area (Å²) >= 11 is 0. The van der Waals surface area contributed by atoms with Crippen molar-refractivity contribution in [2.45, 2.75) is 33.7 Å². The number of hydrogen-bond acceptors (Lipinski definition) is 3. The predicted molar refractivity (Wildman–Crippen MR) is 77.6 cm³/mol. The molecule has 0 unspecified atom stereocenters. The smallest absolute Gasteiger partial charge is 0.0547 e. The summed E-state index contributed by atoms with van der Waals surface area (Å²) in [7, 11) is 2.15. The van der Waals surface area contributed by atoms with E-state index in [0.717, 1.165) is 43.5 Å². The molecular weight excluding hydrogens is 222 g/mol. The molecule has 0 spiro atoms. The first-order valence-corrected chi connectivity index (χ1v) is 6.89. The van der Waals surface area contributed by atoms with Crippen LogP contribution in [0, 0.1) is 12.8 Å². The fraction of sp³-hybridized carbons (Fsp3) is 0.667. The van der Waals surface area contributed by atoms with Gasteiger partial charge in [0.2, 0.25) is 0 Å². The Bertz CT molecular complexity index is 336. The molecule has 18 heavy (non-hydrogen) atoms. The van der Waals surface area contributed by atoms with E-state index < -0.39 is 0 Å². The Morgan fingerprint density at radius 2 is 2.06 bits per heavy atom. The third-order valence-corrected chi connectivity index (χ3v) is 2.95. The molecule has 0 radical (unpaired) electrons. The van der Waals surface area contributed by atoms with Gasteiger partial charge in [0.25, 0.3) is 0 Å². The highest BCUT2D eigenvalue weighted by molar-refractivity contribution is 5.09. The van der Waals surface area contributed by atoms with Crippen LogP contribution >= 0.6 is 0 Å². The number of aryl methyl sites for hydroxylation is 1. The largest absolute Gasteiger partial charge is 0.315 e. The molecule has 0 aliphatic heterocycles. The third kappa shape index (κ3) is 6.72. The normalized spacial score (nSPS) is 11.4. The summed E-state index contributed by atoms with van der Waals surface area (Å²) in [4.78, 5) is 6.83. The van der Waals surface area contributed by atoms with Gasteiger partial charge in [-0.25, -0.2) is 0 Å². The molecule has 1 heterocycles. The van der Waals surface area contributed by atoms with Gasteiger partial charge in [0.05, 0.1) is 5.69 Å². The Morgan fingerprint density at radius 1 is 1.28 bits per heavy atom. The highest BCUT2D eigenvalue weighted by atomic mass is 15.1. The van der Waals surface area contributed by atoms with Gasteiger partial charge in [-0.05, 0) is 45.0 Å². The Kier molecular flexibility index (Phi) is 6.91. The second-order valence-electron chi connectivity index (χ2n) is 5.44. The summed E-state index contributed by atoms with van der Waals surface area (Å²) in [5.41, 5.74) is 2.25. The zero-order valence-corrected chi connectivity index (χ0v) is 12.2. The minimum atomic E-state index is 0.784. The van der Waals surface area contributed by atoms with Crippen LogP contribution in [0.4, 0.5) is 0 Å². The molecule has 0 saturated heterocycles. The maximum Gasteiger partial charge on any atom is 0.0547 e. The van der Waals surface area contributed by atoms with Crippen molar-refractivity contribution in [1.29, 1.82) is 0 Å². The van der Waals surface area contributed by atoms with E-state index in [2.05, 4.69) is 48.2 Å². The summed E-state index contributed by atoms with van der Waals surface area (Å²) < 4.78 is 0. The first-order chi connectivity index (χ1) is 8.58. The molecule has 0 atom stereocenters. The highest BCUT2D eigenvalue weighted by Crippen LogP contribution is 2.01. The van der Waals surface area contributed by atoms with E-state index in [1.165, 1.54) is 6.42 Å². The molecule has 102 valence electrons. The molecule has 0 aliphatic rings. The third-order valence-electron chi connectivity index (χ3n) is 2.95. The molecule has 1 aromatic rings. The summed E-state index contributed by atoms with van der Waals surface area (Å²) in [6, 6.07) is 6.21. The van der Waals surface area contributed by atoms with Crippen molar-refractivity contribution in [3.8, 4) is 0 Å². The monoisotopic (exact) mass is 249 g/mol. The van der Waals surface area contributed by atoms with Gasteiger partial charge in [-0.15, -0.1) is 0 Å². The van der Waals surface area contributed by atoms with Crippen LogP contribution in [0.15, 0.2) is 18.2 Å². The maximum atomic E-state index is 4.52. The Morgan fingerprint density at radius 3 is 2.72 bits per heavy atom. The number of likely N-dealkylation sites (N-methyl/N-ethyl adjacent to an activating group) is 1. The second-order valence-corrected chi connectivity index (χ2v) is 5.44. The van der Waals surface area contributed by atoms with E-state index in [1.807, 2.05) is 13.0 Å². The molecule has 0 saturated carbocycles. The zero-order chi connectivity index (χ0) is 13.4. The lowest BCUT2D eigenvalue weighted by atomic mass is 10.1. The first-order valence-electron chi connectivity index (χ1n) is 6.89. The number of rotatable bonds is 8. The number of nitrogens with one attached hydrogen (secondary N) is 1. The van der Waals surface area contributed by atoms with E-state index in [0.29, 0.717) is 0 Å². The van der Waals surface area contributed by atoms with Gasteiger partial charge in [-0.2, -0.15) is 0 Å². The van der Waals surface area contributed by atoms with E-state index in [4.69, 9.17) is 0 Å². The van der Waals surface area contributed by atoms with Crippen LogP contribution in [0.2, 0.25) is 0 Å². The molecule has 0 aromatic carbocycles. The lowest BCUT2D eigenvalue weighted by Crippen LogP contribution is -2.30. The van der Waals surface area contributed by atoms with Crippen molar-refractivity contribution < 1.29 is 0 Å². The van der Waals surface area contributed by atoms with Gasteiger partial charge in [-0.3, -0.25) is 9.88 Å². The van der Waals surface area contributed by atoms with Crippen molar-refractivity contribution in [2.24, 2.45) is 5.92 Å². The van der Waals surface area contributed by atoms with Crippen molar-refractivity contribution in [2.75, 3.05) is 26.7 Å². The predicted octanol–water partition coefficient (Wildman–Crippen LogP) is 2.46. The Hall–Kier alpha value is -0.930. The average Bonchev–Trinajstić information content (AvgIpc) is 2.28. The number of nitrogens with zero attached hydrogens (tertiary/aromatic N) is 2. The van der Waals surface area contributed by atoms with Crippen LogP contribution in [-0.4, -0.2) is 36.6 Å². The molecule has 0 fully saturated rings. The lowest BCUT2D eigenvalue weighted by molar-refractivity contribution is 0.319. The van der Waals surface area contributed by atoms with Crippen LogP contribution in [-0.2, 0) is 6.54 Å². The summed E-state index contributed by atoms with van der Waals surface area (Å²) in [5, 5.41) is 3.48. The van der Waals surface area contributed by atoms with Crippen molar-refractivity contribution in [1.82, 2.24) is 15.2 Å². The summed E-state index contributed by atoms with van der Waals surface area (Å²) in [5.74, 6) is 0.784. The quantitative estimate of drug-likeness (QED) is 0.717. The van der Waals surface area contributed by atoms with Crippen molar-refractivity contribution in [3.63, 3.8) is 0 Å². The highest BCUT2D eigenvalue weighted by Gasteiger charge is 2.01. The fourth-order valence-electron chi connectivity index (χ4n) is 1.83. The minimum absolute atomic E-state index is 0.784. The van der Waals surface area contributed by atoms with Crippen LogP contribution in [0.25, 0.3) is 0 Å². The van der Waals surface area contributed by atoms with Crippen LogP contribution < -0.4 is 5.32 Å². The molecule has 1 N–H and O–H groups in total. The maximum absolute atomic E-state index is 4.52. The van der Waals surface area contributed by atoms with Crippen molar-refractivity contribution in [3.05, 3.63) is 29.6 Å². The SMILES string of the molecule is Cc1cccc(CN(C)CCNCCC(C)C)n1. The van der Waals surface area contributed by atoms with Crippen LogP contribution in [0.1, 0.15) is 31.7 Å². The molecule has 1 aromatic heterocycles. The minimum Gasteiger partial charge on any atom is -0.315 e. The molecule has 0 amide bonds. The van der Waals surface area contributed by atoms with Gasteiger partial charge >= 0.3 is 0 Å². The second kappa shape index (κ2) is 8.22. The zero-order valence-electron chi connectivity index (χ0n) is 12.2.